The summed E-state index contributed by atoms with van der Waals surface area (Å²) < 4.78 is 5.15. The topological polar surface area (TPSA) is 65.4 Å². The highest BCUT2D eigenvalue weighted by Crippen LogP contribution is 2.19. The molecule has 0 bridgehead atoms. The molecule has 1 fully saturated rings. The van der Waals surface area contributed by atoms with E-state index in [2.05, 4.69) is 11.5 Å². The summed E-state index contributed by atoms with van der Waals surface area (Å²) in [6.45, 7) is 0.313. The van der Waals surface area contributed by atoms with Crippen LogP contribution in [-0.2, 0) is 11.2 Å². The second kappa shape index (κ2) is 6.95. The van der Waals surface area contributed by atoms with Crippen LogP contribution in [0.15, 0.2) is 60.7 Å². The first-order valence-corrected chi connectivity index (χ1v) is 7.48. The predicted molar refractivity (Wildman–Crippen MR) is 85.1 cm³/mol. The molecule has 3 rings (SSSR count). The van der Waals surface area contributed by atoms with Gasteiger partial charge in [-0.15, -0.1) is 0 Å². The molecule has 0 saturated carbocycles. The molecule has 1 aliphatic rings. The van der Waals surface area contributed by atoms with Gasteiger partial charge < -0.3 is 4.74 Å². The molecule has 5 nitrogen and oxygen atoms in total. The molecule has 0 spiro atoms. The number of ether oxygens (including phenoxy) is 1. The van der Waals surface area contributed by atoms with Gasteiger partial charge in [-0.1, -0.05) is 60.7 Å². The van der Waals surface area contributed by atoms with E-state index in [1.165, 1.54) is 5.01 Å². The molecule has 0 aromatic heterocycles. The molecule has 1 saturated heterocycles. The van der Waals surface area contributed by atoms with E-state index in [0.29, 0.717) is 13.0 Å². The van der Waals surface area contributed by atoms with Gasteiger partial charge in [0.15, 0.2) is 0 Å². The van der Waals surface area contributed by atoms with Crippen LogP contribution in [0.1, 0.15) is 17.2 Å². The zero-order chi connectivity index (χ0) is 16.1. The lowest BCUT2D eigenvalue weighted by atomic mass is 10.1. The van der Waals surface area contributed by atoms with Gasteiger partial charge in [-0.2, -0.15) is 5.26 Å². The summed E-state index contributed by atoms with van der Waals surface area (Å²) in [5.41, 5.74) is 4.93. The highest BCUT2D eigenvalue weighted by molar-refractivity contribution is 5.69. The Labute approximate surface area is 135 Å². The average molecular weight is 307 g/mol. The Kier molecular flexibility index (Phi) is 4.55. The van der Waals surface area contributed by atoms with Gasteiger partial charge in [0.2, 0.25) is 0 Å². The van der Waals surface area contributed by atoms with Crippen LogP contribution in [0.25, 0.3) is 0 Å². The van der Waals surface area contributed by atoms with E-state index >= 15 is 0 Å². The third kappa shape index (κ3) is 3.50. The Morgan fingerprint density at radius 1 is 1.17 bits per heavy atom. The summed E-state index contributed by atoms with van der Waals surface area (Å²) in [6.07, 6.45) is 0.231. The summed E-state index contributed by atoms with van der Waals surface area (Å²) in [5, 5.41) is 10.8. The number of rotatable bonds is 5. The van der Waals surface area contributed by atoms with Crippen molar-refractivity contribution in [1.82, 2.24) is 10.4 Å². The van der Waals surface area contributed by atoms with Crippen LogP contribution in [-0.4, -0.2) is 23.8 Å². The largest absolute Gasteiger partial charge is 0.446 e. The Balaban J connectivity index is 1.74. The molecule has 2 aromatic carbocycles. The molecular weight excluding hydrogens is 290 g/mol. The number of benzene rings is 2. The monoisotopic (exact) mass is 307 g/mol. The maximum atomic E-state index is 12.0. The molecule has 1 aliphatic heterocycles. The predicted octanol–water partition coefficient (Wildman–Crippen LogP) is 2.82. The molecule has 1 heterocycles. The van der Waals surface area contributed by atoms with Crippen molar-refractivity contribution in [3.8, 4) is 6.07 Å². The summed E-state index contributed by atoms with van der Waals surface area (Å²) in [7, 11) is 0. The number of nitrogens with zero attached hydrogens (tertiary/aromatic N) is 2. The first kappa shape index (κ1) is 15.1. The van der Waals surface area contributed by atoms with Gasteiger partial charge in [0, 0.05) is 0 Å². The Hall–Kier alpha value is -2.84. The lowest BCUT2D eigenvalue weighted by Gasteiger charge is -2.25. The fourth-order valence-electron chi connectivity index (χ4n) is 2.62. The van der Waals surface area contributed by atoms with Crippen molar-refractivity contribution in [1.29, 1.82) is 5.26 Å². The summed E-state index contributed by atoms with van der Waals surface area (Å²) in [6, 6.07) is 20.7. The van der Waals surface area contributed by atoms with Gasteiger partial charge >= 0.3 is 6.09 Å². The van der Waals surface area contributed by atoms with E-state index < -0.39 is 12.1 Å². The first-order chi connectivity index (χ1) is 11.3. The van der Waals surface area contributed by atoms with Gasteiger partial charge in [0.05, 0.1) is 12.1 Å². The second-order valence-electron chi connectivity index (χ2n) is 5.39. The molecule has 0 aliphatic carbocycles. The molecule has 2 atom stereocenters. The van der Waals surface area contributed by atoms with Gasteiger partial charge in [-0.3, -0.25) is 0 Å². The van der Waals surface area contributed by atoms with E-state index in [0.717, 1.165) is 11.1 Å². The van der Waals surface area contributed by atoms with Crippen LogP contribution < -0.4 is 5.43 Å². The number of hydrazine groups is 1. The van der Waals surface area contributed by atoms with E-state index in [-0.39, 0.29) is 6.04 Å². The van der Waals surface area contributed by atoms with Crippen molar-refractivity contribution in [2.45, 2.75) is 18.5 Å². The zero-order valence-corrected chi connectivity index (χ0v) is 12.6. The van der Waals surface area contributed by atoms with Crippen molar-refractivity contribution in [2.24, 2.45) is 0 Å². The van der Waals surface area contributed by atoms with Gasteiger partial charge in [-0.05, 0) is 17.5 Å². The van der Waals surface area contributed by atoms with Crippen LogP contribution in [0.3, 0.4) is 0 Å². The number of hydrogen-bond donors (Lipinski definition) is 1. The second-order valence-corrected chi connectivity index (χ2v) is 5.39. The lowest BCUT2D eigenvalue weighted by molar-refractivity contribution is 0.136. The molecule has 0 unspecified atom stereocenters. The van der Waals surface area contributed by atoms with E-state index in [1.54, 1.807) is 0 Å². The summed E-state index contributed by atoms with van der Waals surface area (Å²) in [4.78, 5) is 12.0. The fourth-order valence-corrected chi connectivity index (χ4v) is 2.62. The lowest BCUT2D eigenvalue weighted by Crippen LogP contribution is -2.47. The standard InChI is InChI=1S/C18H17N3O2/c19-12-17(15-9-5-2-6-10-15)20-21-16(13-23-18(21)22)11-14-7-3-1-4-8-14/h1-10,16-17,20H,11,13H2/t16-,17-/m0/s1. The van der Waals surface area contributed by atoms with E-state index in [9.17, 15) is 10.1 Å². The number of carbonyl (C=O) groups is 1. The highest BCUT2D eigenvalue weighted by atomic mass is 16.6. The van der Waals surface area contributed by atoms with Gasteiger partial charge in [0.25, 0.3) is 0 Å². The highest BCUT2D eigenvalue weighted by Gasteiger charge is 2.34. The minimum atomic E-state index is -0.597. The number of hydrogen-bond acceptors (Lipinski definition) is 4. The number of cyclic esters (lactones) is 1. The summed E-state index contributed by atoms with van der Waals surface area (Å²) >= 11 is 0. The molecule has 116 valence electrons. The van der Waals surface area contributed by atoms with Crippen LogP contribution in [0.5, 0.6) is 0 Å². The molecule has 5 heteroatoms. The molecular formula is C18H17N3O2. The number of carbonyl (C=O) groups excluding carboxylic acids is 1. The number of nitrogens with one attached hydrogen (secondary N) is 1. The van der Waals surface area contributed by atoms with Crippen molar-refractivity contribution in [3.63, 3.8) is 0 Å². The maximum absolute atomic E-state index is 12.0. The van der Waals surface area contributed by atoms with Gasteiger partial charge in [0.1, 0.15) is 12.6 Å². The third-order valence-electron chi connectivity index (χ3n) is 3.81. The van der Waals surface area contributed by atoms with E-state index in [4.69, 9.17) is 4.74 Å². The minimum Gasteiger partial charge on any atom is -0.446 e. The Bertz CT molecular complexity index is 697. The van der Waals surface area contributed by atoms with Gasteiger partial charge in [-0.25, -0.2) is 15.2 Å². The summed E-state index contributed by atoms with van der Waals surface area (Å²) in [5.74, 6) is 0. The van der Waals surface area contributed by atoms with Crippen molar-refractivity contribution < 1.29 is 9.53 Å². The normalized spacial score (nSPS) is 18.3. The SMILES string of the molecule is N#C[C@H](NN1C(=O)OC[C@@H]1Cc1ccccc1)c1ccccc1. The first-order valence-electron chi connectivity index (χ1n) is 7.48. The van der Waals surface area contributed by atoms with Crippen LogP contribution in [0, 0.1) is 11.3 Å². The molecule has 2 aromatic rings. The smallest absolute Gasteiger partial charge is 0.424 e. The number of amides is 1. The van der Waals surface area contributed by atoms with Crippen molar-refractivity contribution in [3.05, 3.63) is 71.8 Å². The molecule has 1 N–H and O–H groups in total. The van der Waals surface area contributed by atoms with Crippen LogP contribution in [0.4, 0.5) is 4.79 Å². The average Bonchev–Trinajstić information content (AvgIpc) is 2.94. The van der Waals surface area contributed by atoms with Crippen molar-refractivity contribution in [2.75, 3.05) is 6.61 Å². The maximum Gasteiger partial charge on any atom is 0.424 e. The number of nitriles is 1. The molecule has 23 heavy (non-hydrogen) atoms. The third-order valence-corrected chi connectivity index (χ3v) is 3.81. The Morgan fingerprint density at radius 3 is 2.48 bits per heavy atom. The molecule has 0 radical (unpaired) electrons. The Morgan fingerprint density at radius 2 is 1.83 bits per heavy atom. The van der Waals surface area contributed by atoms with E-state index in [1.807, 2.05) is 60.7 Å². The van der Waals surface area contributed by atoms with Crippen molar-refractivity contribution >= 4 is 6.09 Å². The van der Waals surface area contributed by atoms with Crippen LogP contribution in [0.2, 0.25) is 0 Å². The quantitative estimate of drug-likeness (QED) is 0.922. The minimum absolute atomic E-state index is 0.135. The van der Waals surface area contributed by atoms with Crippen LogP contribution >= 0.6 is 0 Å². The zero-order valence-electron chi connectivity index (χ0n) is 12.6. The molecule has 1 amide bonds. The fraction of sp³-hybridized carbons (Fsp3) is 0.222.